The quantitative estimate of drug-likeness (QED) is 0.606. The maximum absolute atomic E-state index is 12.2. The van der Waals surface area contributed by atoms with Crippen LogP contribution in [0.3, 0.4) is 0 Å². The fourth-order valence-electron chi connectivity index (χ4n) is 5.19. The maximum atomic E-state index is 12.2. The molecule has 7 heteroatoms. The number of nitrogens with zero attached hydrogens (tertiary/aromatic N) is 3. The summed E-state index contributed by atoms with van der Waals surface area (Å²) in [6.45, 7) is 2.26. The topological polar surface area (TPSA) is 79.6 Å². The molecule has 1 aliphatic heterocycles. The van der Waals surface area contributed by atoms with Crippen molar-refractivity contribution < 1.29 is 9.90 Å². The lowest BCUT2D eigenvalue weighted by Crippen LogP contribution is -2.58. The van der Waals surface area contributed by atoms with Crippen LogP contribution >= 0.6 is 11.6 Å². The Morgan fingerprint density at radius 3 is 2.52 bits per heavy atom. The van der Waals surface area contributed by atoms with Gasteiger partial charge in [0.25, 0.3) is 0 Å². The highest BCUT2D eigenvalue weighted by atomic mass is 35.5. The lowest BCUT2D eigenvalue weighted by Gasteiger charge is -2.43. The number of hydrogen-bond donors (Lipinski definition) is 2. The Labute approximate surface area is 200 Å². The molecule has 2 aromatic carbocycles. The van der Waals surface area contributed by atoms with E-state index < -0.39 is 6.09 Å². The molecular formula is C26H31ClN4O2. The number of piperidine rings is 1. The molecule has 0 spiro atoms. The highest BCUT2D eigenvalue weighted by molar-refractivity contribution is 6.30. The SMILES string of the molecule is N#Cc1ccc(N2CCC[C@H](N[C@@H]3CCCC[C@H]3N(Cc3ccc(Cl)cc3)C(=O)O)C2)cc1. The normalized spacial score (nSPS) is 23.0. The van der Waals surface area contributed by atoms with Crippen LogP contribution in [-0.2, 0) is 6.54 Å². The third kappa shape index (κ3) is 5.98. The van der Waals surface area contributed by atoms with E-state index in [1.54, 1.807) is 4.90 Å². The zero-order valence-corrected chi connectivity index (χ0v) is 19.5. The predicted octanol–water partition coefficient (Wildman–Crippen LogP) is 5.26. The first-order valence-corrected chi connectivity index (χ1v) is 12.2. The molecular weight excluding hydrogens is 436 g/mol. The van der Waals surface area contributed by atoms with Crippen molar-refractivity contribution in [3.8, 4) is 6.07 Å². The first-order chi connectivity index (χ1) is 16.0. The van der Waals surface area contributed by atoms with E-state index in [1.165, 1.54) is 0 Å². The second-order valence-electron chi connectivity index (χ2n) is 9.11. The van der Waals surface area contributed by atoms with Gasteiger partial charge in [0.15, 0.2) is 0 Å². The van der Waals surface area contributed by atoms with Crippen LogP contribution in [0.2, 0.25) is 5.02 Å². The van der Waals surface area contributed by atoms with Gasteiger partial charge in [-0.25, -0.2) is 4.79 Å². The summed E-state index contributed by atoms with van der Waals surface area (Å²) in [4.78, 5) is 16.2. The molecule has 1 saturated carbocycles. The standard InChI is InChI=1S/C26H31ClN4O2/c27-21-11-7-20(8-12-21)17-31(26(32)33)25-6-2-1-5-24(25)29-22-4-3-15-30(18-22)23-13-9-19(16-28)10-14-23/h7-14,22,24-25,29H,1-6,15,17-18H2,(H,32,33)/t22-,24+,25+/m0/s1. The molecule has 1 saturated heterocycles. The van der Waals surface area contributed by atoms with Crippen molar-refractivity contribution in [3.63, 3.8) is 0 Å². The summed E-state index contributed by atoms with van der Waals surface area (Å²) in [7, 11) is 0. The van der Waals surface area contributed by atoms with Crippen molar-refractivity contribution >= 4 is 23.4 Å². The molecule has 2 aliphatic rings. The molecule has 0 aromatic heterocycles. The molecule has 1 aliphatic carbocycles. The lowest BCUT2D eigenvalue weighted by molar-refractivity contribution is 0.0874. The van der Waals surface area contributed by atoms with Crippen LogP contribution in [0.4, 0.5) is 10.5 Å². The van der Waals surface area contributed by atoms with Crippen LogP contribution in [0.25, 0.3) is 0 Å². The molecule has 4 rings (SSSR count). The third-order valence-corrected chi connectivity index (χ3v) is 7.13. The third-order valence-electron chi connectivity index (χ3n) is 6.87. The molecule has 3 atom stereocenters. The largest absolute Gasteiger partial charge is 0.465 e. The fourth-order valence-corrected chi connectivity index (χ4v) is 5.32. The molecule has 1 amide bonds. The van der Waals surface area contributed by atoms with Gasteiger partial charge < -0.3 is 15.3 Å². The minimum atomic E-state index is -0.869. The van der Waals surface area contributed by atoms with E-state index in [1.807, 2.05) is 48.5 Å². The number of hydrogen-bond acceptors (Lipinski definition) is 4. The number of nitriles is 1. The van der Waals surface area contributed by atoms with Gasteiger partial charge in [-0.15, -0.1) is 0 Å². The molecule has 0 bridgehead atoms. The highest BCUT2D eigenvalue weighted by Gasteiger charge is 2.35. The van der Waals surface area contributed by atoms with Crippen molar-refractivity contribution in [2.75, 3.05) is 18.0 Å². The summed E-state index contributed by atoms with van der Waals surface area (Å²) in [5, 5.41) is 23.6. The van der Waals surface area contributed by atoms with Crippen LogP contribution in [0, 0.1) is 11.3 Å². The number of rotatable bonds is 6. The summed E-state index contributed by atoms with van der Waals surface area (Å²) in [5.41, 5.74) is 2.76. The van der Waals surface area contributed by atoms with E-state index >= 15 is 0 Å². The van der Waals surface area contributed by atoms with Crippen molar-refractivity contribution in [1.82, 2.24) is 10.2 Å². The second-order valence-corrected chi connectivity index (χ2v) is 9.54. The first kappa shape index (κ1) is 23.4. The zero-order valence-electron chi connectivity index (χ0n) is 18.8. The minimum absolute atomic E-state index is 0.0442. The molecule has 0 radical (unpaired) electrons. The van der Waals surface area contributed by atoms with Gasteiger partial charge >= 0.3 is 6.09 Å². The summed E-state index contributed by atoms with van der Waals surface area (Å²) in [6.07, 6.45) is 5.34. The predicted molar refractivity (Wildman–Crippen MR) is 131 cm³/mol. The highest BCUT2D eigenvalue weighted by Crippen LogP contribution is 2.27. The Morgan fingerprint density at radius 2 is 1.82 bits per heavy atom. The average Bonchev–Trinajstić information content (AvgIpc) is 2.84. The molecule has 174 valence electrons. The summed E-state index contributed by atoms with van der Waals surface area (Å²) < 4.78 is 0. The smallest absolute Gasteiger partial charge is 0.407 e. The van der Waals surface area contributed by atoms with Gasteiger partial charge in [0.1, 0.15) is 0 Å². The molecule has 1 heterocycles. The number of amides is 1. The van der Waals surface area contributed by atoms with E-state index in [4.69, 9.17) is 16.9 Å². The van der Waals surface area contributed by atoms with Crippen molar-refractivity contribution in [2.24, 2.45) is 0 Å². The molecule has 33 heavy (non-hydrogen) atoms. The van der Waals surface area contributed by atoms with Gasteiger partial charge in [0, 0.05) is 42.4 Å². The Morgan fingerprint density at radius 1 is 1.09 bits per heavy atom. The maximum Gasteiger partial charge on any atom is 0.407 e. The van der Waals surface area contributed by atoms with E-state index in [-0.39, 0.29) is 12.1 Å². The van der Waals surface area contributed by atoms with Crippen LogP contribution in [-0.4, -0.2) is 47.3 Å². The Hall–Kier alpha value is -2.75. The van der Waals surface area contributed by atoms with E-state index in [0.29, 0.717) is 23.2 Å². The van der Waals surface area contributed by atoms with Crippen molar-refractivity contribution in [3.05, 3.63) is 64.7 Å². The number of benzene rings is 2. The second kappa shape index (κ2) is 10.9. The Bertz CT molecular complexity index is 973. The van der Waals surface area contributed by atoms with Gasteiger partial charge in [-0.05, 0) is 67.6 Å². The van der Waals surface area contributed by atoms with Crippen LogP contribution in [0.15, 0.2) is 48.5 Å². The molecule has 2 N–H and O–H groups in total. The van der Waals surface area contributed by atoms with E-state index in [0.717, 1.165) is 62.9 Å². The fraction of sp³-hybridized carbons (Fsp3) is 0.462. The van der Waals surface area contributed by atoms with Crippen LogP contribution in [0.1, 0.15) is 49.7 Å². The van der Waals surface area contributed by atoms with Crippen LogP contribution in [0.5, 0.6) is 0 Å². The van der Waals surface area contributed by atoms with Gasteiger partial charge in [0.2, 0.25) is 0 Å². The van der Waals surface area contributed by atoms with Gasteiger partial charge in [-0.1, -0.05) is 36.6 Å². The molecule has 6 nitrogen and oxygen atoms in total. The number of carbonyl (C=O) groups is 1. The Kier molecular flexibility index (Phi) is 7.74. The Balaban J connectivity index is 1.44. The first-order valence-electron chi connectivity index (χ1n) is 11.8. The summed E-state index contributed by atoms with van der Waals surface area (Å²) >= 11 is 6.00. The molecule has 2 aromatic rings. The number of halogens is 1. The van der Waals surface area contributed by atoms with Gasteiger partial charge in [-0.3, -0.25) is 4.90 Å². The number of nitrogens with one attached hydrogen (secondary N) is 1. The van der Waals surface area contributed by atoms with Crippen molar-refractivity contribution in [2.45, 2.75) is 63.2 Å². The molecule has 2 fully saturated rings. The number of anilines is 1. The minimum Gasteiger partial charge on any atom is -0.465 e. The summed E-state index contributed by atoms with van der Waals surface area (Å²) in [5.74, 6) is 0. The number of carboxylic acid groups (broad SMARTS) is 1. The van der Waals surface area contributed by atoms with Gasteiger partial charge in [-0.2, -0.15) is 5.26 Å². The summed E-state index contributed by atoms with van der Waals surface area (Å²) in [6, 6.07) is 17.8. The molecule has 0 unspecified atom stereocenters. The van der Waals surface area contributed by atoms with Crippen LogP contribution < -0.4 is 10.2 Å². The average molecular weight is 467 g/mol. The van der Waals surface area contributed by atoms with E-state index in [9.17, 15) is 9.90 Å². The van der Waals surface area contributed by atoms with E-state index in [2.05, 4.69) is 16.3 Å². The van der Waals surface area contributed by atoms with Gasteiger partial charge in [0.05, 0.1) is 17.7 Å². The monoisotopic (exact) mass is 466 g/mol. The van der Waals surface area contributed by atoms with Crippen molar-refractivity contribution in [1.29, 1.82) is 5.26 Å². The zero-order chi connectivity index (χ0) is 23.2. The lowest BCUT2D eigenvalue weighted by atomic mass is 9.87.